The molecule has 6 aromatic carbocycles. The van der Waals surface area contributed by atoms with Gasteiger partial charge in [-0.25, -0.2) is 0 Å². The molecular formula is C37H22N6O9. The zero-order valence-electron chi connectivity index (χ0n) is 26.5. The first-order valence-electron chi connectivity index (χ1n) is 15.3. The van der Waals surface area contributed by atoms with Gasteiger partial charge in [-0.15, -0.1) is 0 Å². The van der Waals surface area contributed by atoms with Gasteiger partial charge in [0.05, 0.1) is 19.7 Å². The maximum absolute atomic E-state index is 14.7. The molecule has 6 aromatic rings. The standard InChI is InChI=1S/C37H22N6O9/c38-23-17-28(19-1-9-24(10-2-19)40(45)46)33-29(18-23)37(44)35-32(22-7-15-27(16-8-22)43(51)52)36(39)31(21-5-13-26(14-6-21)42(49)50)30(34(33)35)20-3-11-25(12-4-20)41(47)48/h1-18H,38-39H2. The normalized spacial score (nSPS) is 11.5. The molecule has 0 bridgehead atoms. The van der Waals surface area contributed by atoms with Crippen molar-refractivity contribution in [3.05, 3.63) is 161 Å². The van der Waals surface area contributed by atoms with Gasteiger partial charge in [0.2, 0.25) is 0 Å². The number of nitro benzene ring substituents is 4. The number of nitrogens with zero attached hydrogens (tertiary/aromatic N) is 4. The minimum absolute atomic E-state index is 0.0563. The van der Waals surface area contributed by atoms with E-state index in [4.69, 9.17) is 11.5 Å². The van der Waals surface area contributed by atoms with Crippen LogP contribution in [0.2, 0.25) is 0 Å². The Bertz CT molecular complexity index is 2530. The molecule has 7 rings (SSSR count). The van der Waals surface area contributed by atoms with E-state index in [9.17, 15) is 45.3 Å². The molecule has 52 heavy (non-hydrogen) atoms. The summed E-state index contributed by atoms with van der Waals surface area (Å²) in [7, 11) is 0. The van der Waals surface area contributed by atoms with Gasteiger partial charge in [-0.2, -0.15) is 0 Å². The van der Waals surface area contributed by atoms with Crippen LogP contribution in [-0.4, -0.2) is 25.5 Å². The Balaban J connectivity index is 1.66. The number of anilines is 2. The zero-order chi connectivity index (χ0) is 37.0. The average Bonchev–Trinajstić information content (AvgIpc) is 3.41. The molecule has 0 saturated heterocycles. The summed E-state index contributed by atoms with van der Waals surface area (Å²) in [6, 6.07) is 25.4. The Kier molecular flexibility index (Phi) is 7.71. The summed E-state index contributed by atoms with van der Waals surface area (Å²) in [5.74, 6) is -0.487. The van der Waals surface area contributed by atoms with Crippen LogP contribution in [-0.2, 0) is 0 Å². The van der Waals surface area contributed by atoms with E-state index in [2.05, 4.69) is 0 Å². The highest BCUT2D eigenvalue weighted by Crippen LogP contribution is 2.57. The molecule has 1 aliphatic carbocycles. The number of carbonyl (C=O) groups excluding carboxylic acids is 1. The third-order valence-electron chi connectivity index (χ3n) is 8.91. The van der Waals surface area contributed by atoms with E-state index in [0.717, 1.165) is 0 Å². The summed E-state index contributed by atoms with van der Waals surface area (Å²) < 4.78 is 0. The van der Waals surface area contributed by atoms with Crippen LogP contribution in [0.5, 0.6) is 0 Å². The molecule has 15 nitrogen and oxygen atoms in total. The van der Waals surface area contributed by atoms with Crippen molar-refractivity contribution in [2.75, 3.05) is 11.5 Å². The molecule has 0 atom stereocenters. The first kappa shape index (κ1) is 32.7. The fourth-order valence-corrected chi connectivity index (χ4v) is 6.62. The number of nitrogen functional groups attached to an aromatic ring is 2. The molecule has 0 radical (unpaired) electrons. The summed E-state index contributed by atoms with van der Waals surface area (Å²) >= 11 is 0. The van der Waals surface area contributed by atoms with Crippen LogP contribution in [0.4, 0.5) is 34.1 Å². The summed E-state index contributed by atoms with van der Waals surface area (Å²) in [6.07, 6.45) is 0. The van der Waals surface area contributed by atoms with Crippen LogP contribution >= 0.6 is 0 Å². The van der Waals surface area contributed by atoms with Gasteiger partial charge in [-0.05, 0) is 88.5 Å². The second-order valence-electron chi connectivity index (χ2n) is 11.8. The van der Waals surface area contributed by atoms with Gasteiger partial charge in [0, 0.05) is 98.8 Å². The summed E-state index contributed by atoms with van der Waals surface area (Å²) in [6.45, 7) is 0. The minimum atomic E-state index is -0.572. The van der Waals surface area contributed by atoms with Crippen LogP contribution in [0, 0.1) is 40.5 Å². The SMILES string of the molecule is Nc1cc2c(c(-c3ccc([N+](=O)[O-])cc3)c1)-c1c(c(-c3ccc([N+](=O)[O-])cc3)c(N)c(-c3ccc([N+](=O)[O-])cc3)c1-c1ccc([N+](=O)[O-])cc1)C2=O. The molecule has 0 amide bonds. The molecule has 0 unspecified atom stereocenters. The molecule has 1 aliphatic rings. The second-order valence-corrected chi connectivity index (χ2v) is 11.8. The van der Waals surface area contributed by atoms with E-state index in [0.29, 0.717) is 50.1 Å². The van der Waals surface area contributed by atoms with Crippen LogP contribution in [0.1, 0.15) is 15.9 Å². The van der Waals surface area contributed by atoms with Gasteiger partial charge in [0.15, 0.2) is 5.78 Å². The molecular weight excluding hydrogens is 672 g/mol. The van der Waals surface area contributed by atoms with Gasteiger partial charge in [-0.3, -0.25) is 45.3 Å². The lowest BCUT2D eigenvalue weighted by Crippen LogP contribution is -2.06. The minimum Gasteiger partial charge on any atom is -0.399 e. The first-order chi connectivity index (χ1) is 24.8. The fourth-order valence-electron chi connectivity index (χ4n) is 6.62. The summed E-state index contributed by atoms with van der Waals surface area (Å²) in [5.41, 5.74) is 16.9. The Morgan fingerprint density at radius 3 is 1.10 bits per heavy atom. The highest BCUT2D eigenvalue weighted by Gasteiger charge is 2.38. The molecule has 0 saturated carbocycles. The van der Waals surface area contributed by atoms with Crippen LogP contribution in [0.15, 0.2) is 109 Å². The fraction of sp³-hybridized carbons (Fsp3) is 0. The van der Waals surface area contributed by atoms with Gasteiger partial charge < -0.3 is 11.5 Å². The van der Waals surface area contributed by atoms with Crippen molar-refractivity contribution in [2.45, 2.75) is 0 Å². The predicted octanol–water partition coefficient (Wildman–Crippen LogP) is 8.36. The third kappa shape index (κ3) is 5.30. The quantitative estimate of drug-likeness (QED) is 0.0869. The Morgan fingerprint density at radius 1 is 0.385 bits per heavy atom. The topological polar surface area (TPSA) is 242 Å². The molecule has 15 heteroatoms. The lowest BCUT2D eigenvalue weighted by molar-refractivity contribution is -0.385. The van der Waals surface area contributed by atoms with Crippen LogP contribution in [0.3, 0.4) is 0 Å². The van der Waals surface area contributed by atoms with Crippen molar-refractivity contribution in [1.82, 2.24) is 0 Å². The largest absolute Gasteiger partial charge is 0.399 e. The predicted molar refractivity (Wildman–Crippen MR) is 192 cm³/mol. The van der Waals surface area contributed by atoms with E-state index < -0.39 is 25.5 Å². The van der Waals surface area contributed by atoms with Gasteiger partial charge in [0.1, 0.15) is 0 Å². The Labute approximate surface area is 292 Å². The molecule has 0 aliphatic heterocycles. The highest BCUT2D eigenvalue weighted by molar-refractivity contribution is 6.31. The maximum atomic E-state index is 14.7. The lowest BCUT2D eigenvalue weighted by Gasteiger charge is -2.23. The van der Waals surface area contributed by atoms with E-state index >= 15 is 0 Å². The van der Waals surface area contributed by atoms with Crippen molar-refractivity contribution in [1.29, 1.82) is 0 Å². The van der Waals surface area contributed by atoms with Crippen LogP contribution < -0.4 is 11.5 Å². The number of fused-ring (bicyclic) bond motifs is 3. The lowest BCUT2D eigenvalue weighted by atomic mass is 9.80. The molecule has 0 heterocycles. The highest BCUT2D eigenvalue weighted by atomic mass is 16.6. The van der Waals surface area contributed by atoms with E-state index in [1.165, 1.54) is 103 Å². The van der Waals surface area contributed by atoms with Crippen molar-refractivity contribution >= 4 is 39.9 Å². The number of carbonyl (C=O) groups is 1. The number of ketones is 1. The number of hydrogen-bond donors (Lipinski definition) is 2. The maximum Gasteiger partial charge on any atom is 0.269 e. The zero-order valence-corrected chi connectivity index (χ0v) is 26.5. The molecule has 254 valence electrons. The summed E-state index contributed by atoms with van der Waals surface area (Å²) in [5, 5.41) is 46.2. The number of hydrogen-bond acceptors (Lipinski definition) is 11. The van der Waals surface area contributed by atoms with Crippen molar-refractivity contribution in [3.8, 4) is 55.6 Å². The molecule has 4 N–H and O–H groups in total. The van der Waals surface area contributed by atoms with Crippen molar-refractivity contribution in [2.24, 2.45) is 0 Å². The molecule has 0 spiro atoms. The Hall–Kier alpha value is -7.81. The first-order valence-corrected chi connectivity index (χ1v) is 15.3. The molecule has 0 aromatic heterocycles. The van der Waals surface area contributed by atoms with Gasteiger partial charge in [0.25, 0.3) is 22.7 Å². The number of nitro groups is 4. The average molecular weight is 695 g/mol. The monoisotopic (exact) mass is 694 g/mol. The van der Waals surface area contributed by atoms with Crippen molar-refractivity contribution in [3.63, 3.8) is 0 Å². The smallest absolute Gasteiger partial charge is 0.269 e. The third-order valence-corrected chi connectivity index (χ3v) is 8.91. The van der Waals surface area contributed by atoms with E-state index in [1.807, 2.05) is 0 Å². The summed E-state index contributed by atoms with van der Waals surface area (Å²) in [4.78, 5) is 58.7. The van der Waals surface area contributed by atoms with Gasteiger partial charge in [-0.1, -0.05) is 0 Å². The van der Waals surface area contributed by atoms with Crippen molar-refractivity contribution < 1.29 is 24.5 Å². The van der Waals surface area contributed by atoms with E-state index in [1.54, 1.807) is 6.07 Å². The second kappa shape index (κ2) is 12.3. The number of benzene rings is 6. The van der Waals surface area contributed by atoms with Gasteiger partial charge >= 0.3 is 0 Å². The number of non-ortho nitro benzene ring substituents is 4. The Morgan fingerprint density at radius 2 is 0.712 bits per heavy atom. The number of rotatable bonds is 8. The van der Waals surface area contributed by atoms with Crippen LogP contribution in [0.25, 0.3) is 55.6 Å². The molecule has 0 fully saturated rings. The number of nitrogens with two attached hydrogens (primary N) is 2. The van der Waals surface area contributed by atoms with E-state index in [-0.39, 0.29) is 50.8 Å².